The van der Waals surface area contributed by atoms with Gasteiger partial charge in [0.15, 0.2) is 11.6 Å². The van der Waals surface area contributed by atoms with Crippen LogP contribution >= 0.6 is 0 Å². The summed E-state index contributed by atoms with van der Waals surface area (Å²) in [6.07, 6.45) is 4.50. The molecule has 1 aliphatic heterocycles. The highest BCUT2D eigenvalue weighted by Gasteiger charge is 2.35. The normalized spacial score (nSPS) is 21.6. The van der Waals surface area contributed by atoms with Gasteiger partial charge in [-0.05, 0) is 30.9 Å². The SMILES string of the molecule is N#Cc1ccc(F)c(O)c1[C@@H](C1CCCC1)N1CCNCC1. The molecule has 2 N–H and O–H groups in total. The Kier molecular flexibility index (Phi) is 4.60. The number of hydrogen-bond acceptors (Lipinski definition) is 4. The Morgan fingerprint density at radius 2 is 1.95 bits per heavy atom. The minimum atomic E-state index is -0.632. The summed E-state index contributed by atoms with van der Waals surface area (Å²) >= 11 is 0. The molecule has 1 heterocycles. The zero-order valence-corrected chi connectivity index (χ0v) is 12.7. The number of phenols is 1. The van der Waals surface area contributed by atoms with E-state index < -0.39 is 5.82 Å². The topological polar surface area (TPSA) is 59.3 Å². The van der Waals surface area contributed by atoms with Gasteiger partial charge in [-0.25, -0.2) is 4.39 Å². The molecule has 1 saturated heterocycles. The zero-order chi connectivity index (χ0) is 15.5. The molecule has 1 aromatic carbocycles. The van der Waals surface area contributed by atoms with Crippen molar-refractivity contribution in [3.63, 3.8) is 0 Å². The molecule has 3 rings (SSSR count). The fraction of sp³-hybridized carbons (Fsp3) is 0.588. The Morgan fingerprint density at radius 1 is 1.27 bits per heavy atom. The molecule has 0 radical (unpaired) electrons. The van der Waals surface area contributed by atoms with Gasteiger partial charge in [0.1, 0.15) is 0 Å². The van der Waals surface area contributed by atoms with E-state index in [1.54, 1.807) is 0 Å². The van der Waals surface area contributed by atoms with Crippen LogP contribution in [0.15, 0.2) is 12.1 Å². The minimum absolute atomic E-state index is 0.0602. The summed E-state index contributed by atoms with van der Waals surface area (Å²) in [7, 11) is 0. The fourth-order valence-corrected chi connectivity index (χ4v) is 3.93. The Morgan fingerprint density at radius 3 is 2.59 bits per heavy atom. The van der Waals surface area contributed by atoms with Gasteiger partial charge in [0.05, 0.1) is 11.6 Å². The first-order valence-electron chi connectivity index (χ1n) is 8.08. The molecule has 5 heteroatoms. The van der Waals surface area contributed by atoms with Crippen LogP contribution in [0, 0.1) is 23.1 Å². The van der Waals surface area contributed by atoms with Gasteiger partial charge in [-0.2, -0.15) is 5.26 Å². The van der Waals surface area contributed by atoms with Crippen molar-refractivity contribution in [1.29, 1.82) is 5.26 Å². The summed E-state index contributed by atoms with van der Waals surface area (Å²) in [4.78, 5) is 2.31. The van der Waals surface area contributed by atoms with Crippen molar-refractivity contribution in [3.05, 3.63) is 29.1 Å². The second kappa shape index (κ2) is 6.64. The molecule has 22 heavy (non-hydrogen) atoms. The third-order valence-electron chi connectivity index (χ3n) is 4.98. The lowest BCUT2D eigenvalue weighted by Crippen LogP contribution is -2.47. The fourth-order valence-electron chi connectivity index (χ4n) is 3.93. The van der Waals surface area contributed by atoms with E-state index in [1.165, 1.54) is 25.0 Å². The lowest BCUT2D eigenvalue weighted by atomic mass is 9.86. The lowest BCUT2D eigenvalue weighted by molar-refractivity contribution is 0.122. The molecular formula is C17H22FN3O. The molecule has 1 aromatic rings. The number of hydrogen-bond donors (Lipinski definition) is 2. The molecule has 0 amide bonds. The number of benzene rings is 1. The highest BCUT2D eigenvalue weighted by molar-refractivity contribution is 5.49. The first kappa shape index (κ1) is 15.3. The van der Waals surface area contributed by atoms with Crippen LogP contribution in [0.1, 0.15) is 42.9 Å². The molecule has 4 nitrogen and oxygen atoms in total. The number of nitrogens with one attached hydrogen (secondary N) is 1. The molecule has 1 saturated carbocycles. The maximum Gasteiger partial charge on any atom is 0.165 e. The molecule has 118 valence electrons. The third kappa shape index (κ3) is 2.81. The van der Waals surface area contributed by atoms with Crippen molar-refractivity contribution in [1.82, 2.24) is 10.2 Å². The van der Waals surface area contributed by atoms with Gasteiger partial charge in [0.2, 0.25) is 0 Å². The van der Waals surface area contributed by atoms with Crippen LogP contribution in [-0.2, 0) is 0 Å². The Labute approximate surface area is 130 Å². The van der Waals surface area contributed by atoms with E-state index in [-0.39, 0.29) is 11.8 Å². The summed E-state index contributed by atoms with van der Waals surface area (Å²) in [5.74, 6) is -0.584. The van der Waals surface area contributed by atoms with E-state index in [2.05, 4.69) is 16.3 Å². The predicted octanol–water partition coefficient (Wildman–Crippen LogP) is 2.54. The predicted molar refractivity (Wildman–Crippen MR) is 81.9 cm³/mol. The number of halogens is 1. The van der Waals surface area contributed by atoms with Gasteiger partial charge >= 0.3 is 0 Å². The van der Waals surface area contributed by atoms with Gasteiger partial charge in [0.25, 0.3) is 0 Å². The second-order valence-corrected chi connectivity index (χ2v) is 6.24. The summed E-state index contributed by atoms with van der Waals surface area (Å²) in [5, 5.41) is 23.0. The van der Waals surface area contributed by atoms with E-state index in [9.17, 15) is 14.8 Å². The zero-order valence-electron chi connectivity index (χ0n) is 12.7. The minimum Gasteiger partial charge on any atom is -0.505 e. The summed E-state index contributed by atoms with van der Waals surface area (Å²) < 4.78 is 13.9. The van der Waals surface area contributed by atoms with E-state index in [1.807, 2.05) is 0 Å². The summed E-state index contributed by atoms with van der Waals surface area (Å²) in [6, 6.07) is 4.75. The molecule has 2 aliphatic rings. The third-order valence-corrected chi connectivity index (χ3v) is 4.98. The van der Waals surface area contributed by atoms with Crippen LogP contribution in [0.4, 0.5) is 4.39 Å². The first-order chi connectivity index (χ1) is 10.7. The molecular weight excluding hydrogens is 281 g/mol. The molecule has 0 spiro atoms. The van der Waals surface area contributed by atoms with Crippen LogP contribution in [0.2, 0.25) is 0 Å². The second-order valence-electron chi connectivity index (χ2n) is 6.24. The van der Waals surface area contributed by atoms with Crippen molar-refractivity contribution < 1.29 is 9.50 Å². The maximum atomic E-state index is 13.9. The van der Waals surface area contributed by atoms with Crippen molar-refractivity contribution in [2.45, 2.75) is 31.7 Å². The van der Waals surface area contributed by atoms with Crippen molar-refractivity contribution in [2.75, 3.05) is 26.2 Å². The van der Waals surface area contributed by atoms with Crippen LogP contribution in [-0.4, -0.2) is 36.2 Å². The number of nitriles is 1. The standard InChI is InChI=1S/C17H22FN3O/c18-14-6-5-13(11-19)15(17(14)22)16(12-3-1-2-4-12)21-9-7-20-8-10-21/h5-6,12,16,20,22H,1-4,7-10H2/t16-/m1/s1. The van der Waals surface area contributed by atoms with E-state index in [0.717, 1.165) is 39.0 Å². The van der Waals surface area contributed by atoms with Crippen molar-refractivity contribution in [3.8, 4) is 11.8 Å². The highest BCUT2D eigenvalue weighted by atomic mass is 19.1. The van der Waals surface area contributed by atoms with Gasteiger partial charge in [-0.3, -0.25) is 4.90 Å². The maximum absolute atomic E-state index is 13.9. The van der Waals surface area contributed by atoms with Crippen LogP contribution < -0.4 is 5.32 Å². The Bertz CT molecular complexity index is 572. The molecule has 0 unspecified atom stereocenters. The molecule has 1 atom stereocenters. The Balaban J connectivity index is 2.05. The number of piperazine rings is 1. The Hall–Kier alpha value is -1.64. The number of aromatic hydroxyl groups is 1. The molecule has 2 fully saturated rings. The summed E-state index contributed by atoms with van der Waals surface area (Å²) in [6.45, 7) is 3.51. The highest BCUT2D eigenvalue weighted by Crippen LogP contribution is 2.44. The smallest absolute Gasteiger partial charge is 0.165 e. The first-order valence-corrected chi connectivity index (χ1v) is 8.08. The monoisotopic (exact) mass is 303 g/mol. The lowest BCUT2D eigenvalue weighted by Gasteiger charge is -2.39. The van der Waals surface area contributed by atoms with Gasteiger partial charge in [0, 0.05) is 37.8 Å². The van der Waals surface area contributed by atoms with Crippen LogP contribution in [0.5, 0.6) is 5.75 Å². The average Bonchev–Trinajstić information content (AvgIpc) is 3.07. The van der Waals surface area contributed by atoms with Crippen LogP contribution in [0.25, 0.3) is 0 Å². The van der Waals surface area contributed by atoms with Crippen molar-refractivity contribution in [2.24, 2.45) is 5.92 Å². The largest absolute Gasteiger partial charge is 0.505 e. The number of nitrogens with zero attached hydrogens (tertiary/aromatic N) is 2. The van der Waals surface area contributed by atoms with Crippen molar-refractivity contribution >= 4 is 0 Å². The number of rotatable bonds is 3. The molecule has 0 bridgehead atoms. The van der Waals surface area contributed by atoms with Crippen LogP contribution in [0.3, 0.4) is 0 Å². The number of phenolic OH excluding ortho intramolecular Hbond substituents is 1. The van der Waals surface area contributed by atoms with E-state index in [0.29, 0.717) is 17.0 Å². The quantitative estimate of drug-likeness (QED) is 0.901. The van der Waals surface area contributed by atoms with Gasteiger partial charge in [-0.15, -0.1) is 0 Å². The molecule has 1 aliphatic carbocycles. The van der Waals surface area contributed by atoms with Gasteiger partial charge in [-0.1, -0.05) is 12.8 Å². The van der Waals surface area contributed by atoms with E-state index >= 15 is 0 Å². The average molecular weight is 303 g/mol. The molecule has 0 aromatic heterocycles. The van der Waals surface area contributed by atoms with E-state index in [4.69, 9.17) is 0 Å². The van der Waals surface area contributed by atoms with Gasteiger partial charge < -0.3 is 10.4 Å². The summed E-state index contributed by atoms with van der Waals surface area (Å²) in [5.41, 5.74) is 0.894.